The van der Waals surface area contributed by atoms with Crippen molar-refractivity contribution in [3.63, 3.8) is 0 Å². The molecule has 2 heterocycles. The highest BCUT2D eigenvalue weighted by Gasteiger charge is 2.26. The molecule has 0 fully saturated rings. The fourth-order valence-corrected chi connectivity index (χ4v) is 10.4. The van der Waals surface area contributed by atoms with Gasteiger partial charge in [0.2, 0.25) is 0 Å². The van der Waals surface area contributed by atoms with Crippen LogP contribution in [0.25, 0.3) is 75.1 Å². The van der Waals surface area contributed by atoms with E-state index in [-0.39, 0.29) is 11.8 Å². The highest BCUT2D eigenvalue weighted by Crippen LogP contribution is 2.45. The van der Waals surface area contributed by atoms with Gasteiger partial charge < -0.3 is 9.88 Å². The summed E-state index contributed by atoms with van der Waals surface area (Å²) < 4.78 is 5.18. The van der Waals surface area contributed by atoms with Crippen LogP contribution in [0.1, 0.15) is 24.0 Å². The van der Waals surface area contributed by atoms with E-state index in [1.165, 1.54) is 86.3 Å². The Morgan fingerprint density at radius 1 is 0.518 bits per heavy atom. The summed E-state index contributed by atoms with van der Waals surface area (Å²) in [6.45, 7) is 2.38. The Morgan fingerprint density at radius 3 is 2.11 bits per heavy atom. The Kier molecular flexibility index (Phi) is 7.75. The number of thiophene rings is 1. The fourth-order valence-electron chi connectivity index (χ4n) is 9.18. The Labute approximate surface area is 330 Å². The minimum Gasteiger partial charge on any atom is -0.355 e. The number of benzene rings is 8. The van der Waals surface area contributed by atoms with Gasteiger partial charge in [-0.05, 0) is 70.5 Å². The minimum atomic E-state index is 0.219. The number of rotatable bonds is 6. The van der Waals surface area contributed by atoms with Crippen LogP contribution in [-0.2, 0) is 0 Å². The zero-order valence-corrected chi connectivity index (χ0v) is 31.8. The molecule has 0 bridgehead atoms. The number of hydrogen-bond donors (Lipinski definition) is 1. The maximum absolute atomic E-state index is 3.69. The van der Waals surface area contributed by atoms with Crippen molar-refractivity contribution in [1.82, 2.24) is 4.57 Å². The second-order valence-electron chi connectivity index (χ2n) is 14.9. The predicted molar refractivity (Wildman–Crippen MR) is 242 cm³/mol. The largest absolute Gasteiger partial charge is 0.355 e. The van der Waals surface area contributed by atoms with E-state index in [0.29, 0.717) is 0 Å². The van der Waals surface area contributed by atoms with Crippen molar-refractivity contribution in [1.29, 1.82) is 0 Å². The SMILES string of the molecule is CC1C(c2ccccc2Nc2ccccc2)=CC=CC1c1ccc2c3ccccc3n(-c3cccc4c(-c5cccc6c5sc5ccccc56)cccc34)c2c1. The zero-order chi connectivity index (χ0) is 37.2. The van der Waals surface area contributed by atoms with Crippen LogP contribution in [0, 0.1) is 5.92 Å². The van der Waals surface area contributed by atoms with Crippen LogP contribution in [0.5, 0.6) is 0 Å². The third-order valence-corrected chi connectivity index (χ3v) is 13.1. The summed E-state index contributed by atoms with van der Waals surface area (Å²) in [6.07, 6.45) is 6.94. The monoisotopic (exact) mass is 734 g/mol. The summed E-state index contributed by atoms with van der Waals surface area (Å²) in [5.41, 5.74) is 12.3. The van der Waals surface area contributed by atoms with Crippen molar-refractivity contribution < 1.29 is 0 Å². The van der Waals surface area contributed by atoms with Gasteiger partial charge in [-0.15, -0.1) is 11.3 Å². The summed E-state index contributed by atoms with van der Waals surface area (Å²) in [7, 11) is 0. The van der Waals surface area contributed by atoms with Gasteiger partial charge in [0.05, 0.1) is 16.7 Å². The van der Waals surface area contributed by atoms with E-state index < -0.39 is 0 Å². The van der Waals surface area contributed by atoms with Gasteiger partial charge >= 0.3 is 0 Å². The molecular formula is C53H38N2S. The van der Waals surface area contributed by atoms with Gasteiger partial charge in [-0.25, -0.2) is 0 Å². The van der Waals surface area contributed by atoms with Crippen molar-refractivity contribution in [2.75, 3.05) is 5.32 Å². The lowest BCUT2D eigenvalue weighted by Gasteiger charge is -2.29. The highest BCUT2D eigenvalue weighted by atomic mass is 32.1. The first kappa shape index (κ1) is 32.7. The molecule has 0 spiro atoms. The first-order valence-corrected chi connectivity index (χ1v) is 20.3. The molecule has 56 heavy (non-hydrogen) atoms. The summed E-state index contributed by atoms with van der Waals surface area (Å²) >= 11 is 1.89. The van der Waals surface area contributed by atoms with Crippen LogP contribution in [0.15, 0.2) is 194 Å². The molecule has 266 valence electrons. The quantitative estimate of drug-likeness (QED) is 0.180. The van der Waals surface area contributed by atoms with Crippen LogP contribution in [0.4, 0.5) is 11.4 Å². The molecule has 11 rings (SSSR count). The number of nitrogens with one attached hydrogen (secondary N) is 1. The average molecular weight is 735 g/mol. The molecule has 1 N–H and O–H groups in total. The molecule has 0 radical (unpaired) electrons. The molecular weight excluding hydrogens is 697 g/mol. The van der Waals surface area contributed by atoms with Crippen molar-refractivity contribution in [3.05, 3.63) is 205 Å². The number of nitrogens with zero attached hydrogens (tertiary/aromatic N) is 1. The van der Waals surface area contributed by atoms with Gasteiger partial charge in [0.1, 0.15) is 0 Å². The number of aromatic nitrogens is 1. The first-order chi connectivity index (χ1) is 27.7. The van der Waals surface area contributed by atoms with Crippen LogP contribution in [-0.4, -0.2) is 4.57 Å². The molecule has 10 aromatic rings. The Balaban J connectivity index is 1.04. The lowest BCUT2D eigenvalue weighted by Crippen LogP contribution is -2.13. The van der Waals surface area contributed by atoms with Gasteiger partial charge in [0.15, 0.2) is 0 Å². The van der Waals surface area contributed by atoms with E-state index in [1.807, 2.05) is 11.3 Å². The number of allylic oxidation sites excluding steroid dienone is 4. The van der Waals surface area contributed by atoms with Crippen molar-refractivity contribution in [3.8, 4) is 16.8 Å². The molecule has 3 heteroatoms. The van der Waals surface area contributed by atoms with E-state index in [2.05, 4.69) is 211 Å². The third-order valence-electron chi connectivity index (χ3n) is 11.8. The van der Waals surface area contributed by atoms with Gasteiger partial charge in [0.25, 0.3) is 0 Å². The average Bonchev–Trinajstić information content (AvgIpc) is 3.80. The Morgan fingerprint density at radius 2 is 1.20 bits per heavy atom. The molecule has 2 unspecified atom stereocenters. The second-order valence-corrected chi connectivity index (χ2v) is 16.0. The highest BCUT2D eigenvalue weighted by molar-refractivity contribution is 7.26. The van der Waals surface area contributed by atoms with Crippen LogP contribution >= 0.6 is 11.3 Å². The van der Waals surface area contributed by atoms with Gasteiger partial charge in [0, 0.05) is 64.8 Å². The Hall–Kier alpha value is -6.68. The maximum Gasteiger partial charge on any atom is 0.0544 e. The third kappa shape index (κ3) is 5.23. The van der Waals surface area contributed by atoms with E-state index in [1.54, 1.807) is 0 Å². The summed E-state index contributed by atoms with van der Waals surface area (Å²) in [6, 6.07) is 64.4. The molecule has 1 aliphatic rings. The normalized spacial score (nSPS) is 15.6. The van der Waals surface area contributed by atoms with Gasteiger partial charge in [-0.2, -0.15) is 0 Å². The summed E-state index contributed by atoms with van der Waals surface area (Å²) in [5, 5.41) is 11.4. The van der Waals surface area contributed by atoms with E-state index in [0.717, 1.165) is 11.4 Å². The molecule has 0 saturated carbocycles. The summed E-state index contributed by atoms with van der Waals surface area (Å²) in [4.78, 5) is 0. The summed E-state index contributed by atoms with van der Waals surface area (Å²) in [5.74, 6) is 0.488. The number of para-hydroxylation sites is 3. The lowest BCUT2D eigenvalue weighted by molar-refractivity contribution is 0.654. The number of fused-ring (bicyclic) bond motifs is 7. The zero-order valence-electron chi connectivity index (χ0n) is 31.0. The van der Waals surface area contributed by atoms with Crippen LogP contribution in [0.3, 0.4) is 0 Å². The lowest BCUT2D eigenvalue weighted by atomic mass is 9.76. The van der Waals surface area contributed by atoms with E-state index in [9.17, 15) is 0 Å². The maximum atomic E-state index is 3.69. The molecule has 1 aliphatic carbocycles. The second kappa shape index (κ2) is 13.3. The van der Waals surface area contributed by atoms with Gasteiger partial charge in [-0.3, -0.25) is 0 Å². The standard InChI is InChI=1S/C53H38N2S/c1-34-37(20-11-21-38(34)41-17-5-8-27-48(41)54-36-15-3-2-4-16-36)35-31-32-44-43-18-6-9-28-49(43)55(51(44)33-35)50-29-14-23-39-40(22-12-24-42(39)50)46-25-13-26-47-45-19-7-10-30-52(45)56-53(46)47/h2-34,37,54H,1H3. The smallest absolute Gasteiger partial charge is 0.0544 e. The van der Waals surface area contributed by atoms with Gasteiger partial charge in [-0.1, -0.05) is 159 Å². The molecule has 2 aromatic heterocycles. The molecule has 0 aliphatic heterocycles. The van der Waals surface area contributed by atoms with Crippen molar-refractivity contribution in [2.24, 2.45) is 5.92 Å². The van der Waals surface area contributed by atoms with Crippen molar-refractivity contribution in [2.45, 2.75) is 12.8 Å². The topological polar surface area (TPSA) is 17.0 Å². The van der Waals surface area contributed by atoms with Crippen LogP contribution < -0.4 is 5.32 Å². The first-order valence-electron chi connectivity index (χ1n) is 19.5. The van der Waals surface area contributed by atoms with Crippen LogP contribution in [0.2, 0.25) is 0 Å². The number of hydrogen-bond acceptors (Lipinski definition) is 2. The number of anilines is 2. The molecule has 2 atom stereocenters. The predicted octanol–water partition coefficient (Wildman–Crippen LogP) is 15.1. The molecule has 8 aromatic carbocycles. The fraction of sp³-hybridized carbons (Fsp3) is 0.0566. The minimum absolute atomic E-state index is 0.219. The molecule has 0 amide bonds. The Bertz CT molecular complexity index is 3200. The molecule has 2 nitrogen and oxygen atoms in total. The van der Waals surface area contributed by atoms with Crippen molar-refractivity contribution >= 4 is 81.0 Å². The van der Waals surface area contributed by atoms with E-state index >= 15 is 0 Å². The molecule has 0 saturated heterocycles. The van der Waals surface area contributed by atoms with E-state index in [4.69, 9.17) is 0 Å².